The van der Waals surface area contributed by atoms with Crippen LogP contribution in [0.3, 0.4) is 0 Å². The molecule has 3 aliphatic rings. The van der Waals surface area contributed by atoms with Gasteiger partial charge in [0, 0.05) is 32.1 Å². The van der Waals surface area contributed by atoms with Crippen molar-refractivity contribution < 1.29 is 4.79 Å². The van der Waals surface area contributed by atoms with Crippen molar-refractivity contribution in [1.29, 1.82) is 0 Å². The minimum atomic E-state index is 0.254. The molecule has 4 heteroatoms. The van der Waals surface area contributed by atoms with Gasteiger partial charge in [0.25, 0.3) is 0 Å². The van der Waals surface area contributed by atoms with Crippen molar-refractivity contribution in [2.24, 2.45) is 5.41 Å². The van der Waals surface area contributed by atoms with Gasteiger partial charge in [-0.2, -0.15) is 0 Å². The largest absolute Gasteiger partial charge is 0.356 e. The van der Waals surface area contributed by atoms with Gasteiger partial charge >= 0.3 is 0 Å². The molecule has 2 atom stereocenters. The SMILES string of the molecule is O=C1CC(N2CCCC3(CCCNC3)C2)CCCN1. The Bertz CT molecular complexity index is 320. The molecule has 3 fully saturated rings. The molecule has 1 amide bonds. The number of hydrogen-bond donors (Lipinski definition) is 2. The molecular formula is C15H27N3O. The van der Waals surface area contributed by atoms with E-state index < -0.39 is 0 Å². The first-order valence-corrected chi connectivity index (χ1v) is 7.99. The lowest BCUT2D eigenvalue weighted by Gasteiger charge is -2.47. The van der Waals surface area contributed by atoms with E-state index in [0.717, 1.165) is 13.0 Å². The molecule has 2 unspecified atom stereocenters. The number of nitrogens with one attached hydrogen (secondary N) is 2. The fraction of sp³-hybridized carbons (Fsp3) is 0.933. The van der Waals surface area contributed by atoms with Crippen LogP contribution in [0.4, 0.5) is 0 Å². The normalized spacial score (nSPS) is 37.9. The van der Waals surface area contributed by atoms with Crippen molar-refractivity contribution in [2.75, 3.05) is 32.7 Å². The van der Waals surface area contributed by atoms with Crippen LogP contribution in [-0.4, -0.2) is 49.6 Å². The van der Waals surface area contributed by atoms with Crippen LogP contribution < -0.4 is 10.6 Å². The summed E-state index contributed by atoms with van der Waals surface area (Å²) in [5.41, 5.74) is 0.499. The maximum absolute atomic E-state index is 11.8. The molecule has 108 valence electrons. The number of nitrogens with zero attached hydrogens (tertiary/aromatic N) is 1. The van der Waals surface area contributed by atoms with Crippen molar-refractivity contribution in [3.05, 3.63) is 0 Å². The van der Waals surface area contributed by atoms with E-state index in [1.807, 2.05) is 0 Å². The number of rotatable bonds is 1. The van der Waals surface area contributed by atoms with Crippen molar-refractivity contribution in [3.8, 4) is 0 Å². The van der Waals surface area contributed by atoms with Gasteiger partial charge in [0.05, 0.1) is 0 Å². The molecule has 3 aliphatic heterocycles. The summed E-state index contributed by atoms with van der Waals surface area (Å²) < 4.78 is 0. The summed E-state index contributed by atoms with van der Waals surface area (Å²) >= 11 is 0. The van der Waals surface area contributed by atoms with Crippen LogP contribution in [0.1, 0.15) is 44.9 Å². The first-order chi connectivity index (χ1) is 9.27. The number of piperidine rings is 2. The molecule has 0 saturated carbocycles. The highest BCUT2D eigenvalue weighted by Crippen LogP contribution is 2.37. The molecule has 3 saturated heterocycles. The quantitative estimate of drug-likeness (QED) is 0.747. The minimum Gasteiger partial charge on any atom is -0.356 e. The smallest absolute Gasteiger partial charge is 0.221 e. The summed E-state index contributed by atoms with van der Waals surface area (Å²) in [5, 5.41) is 6.59. The van der Waals surface area contributed by atoms with E-state index in [1.54, 1.807) is 0 Å². The number of carbonyl (C=O) groups is 1. The highest BCUT2D eigenvalue weighted by molar-refractivity contribution is 5.76. The third kappa shape index (κ3) is 3.11. The van der Waals surface area contributed by atoms with Gasteiger partial charge in [0.15, 0.2) is 0 Å². The van der Waals surface area contributed by atoms with Crippen LogP contribution in [-0.2, 0) is 4.79 Å². The van der Waals surface area contributed by atoms with Gasteiger partial charge in [-0.05, 0) is 57.0 Å². The monoisotopic (exact) mass is 265 g/mol. The number of hydrogen-bond acceptors (Lipinski definition) is 3. The van der Waals surface area contributed by atoms with Gasteiger partial charge in [-0.15, -0.1) is 0 Å². The molecule has 0 aromatic rings. The van der Waals surface area contributed by atoms with Crippen LogP contribution in [0.5, 0.6) is 0 Å². The molecule has 2 N–H and O–H groups in total. The molecule has 0 radical (unpaired) electrons. The van der Waals surface area contributed by atoms with Gasteiger partial charge in [-0.3, -0.25) is 9.69 Å². The van der Waals surface area contributed by atoms with Crippen LogP contribution in [0.15, 0.2) is 0 Å². The molecular weight excluding hydrogens is 238 g/mol. The highest BCUT2D eigenvalue weighted by atomic mass is 16.1. The van der Waals surface area contributed by atoms with E-state index in [1.165, 1.54) is 58.3 Å². The molecule has 3 rings (SSSR count). The fourth-order valence-corrected chi connectivity index (χ4v) is 4.20. The lowest BCUT2D eigenvalue weighted by atomic mass is 9.74. The zero-order chi connectivity index (χ0) is 13.1. The van der Waals surface area contributed by atoms with E-state index in [-0.39, 0.29) is 5.91 Å². The van der Waals surface area contributed by atoms with Crippen molar-refractivity contribution >= 4 is 5.91 Å². The van der Waals surface area contributed by atoms with E-state index >= 15 is 0 Å². The number of carbonyl (C=O) groups excluding carboxylic acids is 1. The van der Waals surface area contributed by atoms with E-state index in [0.29, 0.717) is 17.9 Å². The van der Waals surface area contributed by atoms with Gasteiger partial charge in [0.2, 0.25) is 5.91 Å². The lowest BCUT2D eigenvalue weighted by Crippen LogP contribution is -2.53. The second-order valence-electron chi connectivity index (χ2n) is 6.70. The Labute approximate surface area is 116 Å². The first kappa shape index (κ1) is 13.4. The second-order valence-corrected chi connectivity index (χ2v) is 6.70. The highest BCUT2D eigenvalue weighted by Gasteiger charge is 2.38. The standard InChI is InChI=1S/C15H27N3O/c19-14-10-13(4-1-8-17-14)18-9-3-6-15(12-18)5-2-7-16-11-15/h13,16H,1-12H2,(H,17,19). The molecule has 0 bridgehead atoms. The average Bonchev–Trinajstić information content (AvgIpc) is 2.64. The summed E-state index contributed by atoms with van der Waals surface area (Å²) in [6.45, 7) is 5.64. The topological polar surface area (TPSA) is 44.4 Å². The predicted molar refractivity (Wildman–Crippen MR) is 76.0 cm³/mol. The average molecular weight is 265 g/mol. The summed E-state index contributed by atoms with van der Waals surface area (Å²) in [6.07, 6.45) is 8.40. The van der Waals surface area contributed by atoms with Crippen molar-refractivity contribution in [1.82, 2.24) is 15.5 Å². The Morgan fingerprint density at radius 1 is 1.16 bits per heavy atom. The Hall–Kier alpha value is -0.610. The summed E-state index contributed by atoms with van der Waals surface area (Å²) in [7, 11) is 0. The van der Waals surface area contributed by atoms with Gasteiger partial charge < -0.3 is 10.6 Å². The summed E-state index contributed by atoms with van der Waals surface area (Å²) in [4.78, 5) is 14.4. The Morgan fingerprint density at radius 2 is 2.05 bits per heavy atom. The third-order valence-electron chi connectivity index (χ3n) is 5.23. The number of likely N-dealkylation sites (tertiary alicyclic amines) is 1. The molecule has 4 nitrogen and oxygen atoms in total. The van der Waals surface area contributed by atoms with Gasteiger partial charge in [0.1, 0.15) is 0 Å². The van der Waals surface area contributed by atoms with Crippen LogP contribution in [0.2, 0.25) is 0 Å². The Kier molecular flexibility index (Phi) is 4.08. The predicted octanol–water partition coefficient (Wildman–Crippen LogP) is 1.12. The van der Waals surface area contributed by atoms with Gasteiger partial charge in [-0.1, -0.05) is 0 Å². The van der Waals surface area contributed by atoms with Crippen LogP contribution >= 0.6 is 0 Å². The minimum absolute atomic E-state index is 0.254. The zero-order valence-electron chi connectivity index (χ0n) is 11.9. The zero-order valence-corrected chi connectivity index (χ0v) is 11.9. The molecule has 0 aliphatic carbocycles. The Morgan fingerprint density at radius 3 is 2.89 bits per heavy atom. The fourth-order valence-electron chi connectivity index (χ4n) is 4.20. The van der Waals surface area contributed by atoms with E-state index in [9.17, 15) is 4.79 Å². The molecule has 0 aromatic carbocycles. The maximum atomic E-state index is 11.8. The third-order valence-corrected chi connectivity index (χ3v) is 5.23. The van der Waals surface area contributed by atoms with Crippen LogP contribution in [0, 0.1) is 5.41 Å². The van der Waals surface area contributed by atoms with Gasteiger partial charge in [-0.25, -0.2) is 0 Å². The molecule has 19 heavy (non-hydrogen) atoms. The molecule has 1 spiro atoms. The van der Waals surface area contributed by atoms with E-state index in [2.05, 4.69) is 15.5 Å². The number of amides is 1. The summed E-state index contributed by atoms with van der Waals surface area (Å²) in [6, 6.07) is 0.488. The van der Waals surface area contributed by atoms with Crippen molar-refractivity contribution in [3.63, 3.8) is 0 Å². The van der Waals surface area contributed by atoms with Crippen LogP contribution in [0.25, 0.3) is 0 Å². The lowest BCUT2D eigenvalue weighted by molar-refractivity contribution is -0.122. The molecule has 0 aromatic heterocycles. The summed E-state index contributed by atoms with van der Waals surface area (Å²) in [5.74, 6) is 0.254. The molecule has 3 heterocycles. The van der Waals surface area contributed by atoms with E-state index in [4.69, 9.17) is 0 Å². The first-order valence-electron chi connectivity index (χ1n) is 7.99. The maximum Gasteiger partial charge on any atom is 0.221 e. The Balaban J connectivity index is 1.65. The second kappa shape index (κ2) is 5.80. The van der Waals surface area contributed by atoms with Crippen molar-refractivity contribution in [2.45, 2.75) is 51.0 Å².